The fourth-order valence-electron chi connectivity index (χ4n) is 2.52. The Morgan fingerprint density at radius 3 is 3.00 bits per heavy atom. The lowest BCUT2D eigenvalue weighted by atomic mass is 10.0. The Hall–Kier alpha value is -0.290. The summed E-state index contributed by atoms with van der Waals surface area (Å²) in [6.45, 7) is 2.18. The quantitative estimate of drug-likeness (QED) is 0.774. The molecule has 2 heterocycles. The van der Waals surface area contributed by atoms with Crippen molar-refractivity contribution in [3.8, 4) is 0 Å². The monoisotopic (exact) mass is 353 g/mol. The summed E-state index contributed by atoms with van der Waals surface area (Å²) in [5, 5.41) is 2.16. The lowest BCUT2D eigenvalue weighted by molar-refractivity contribution is 0.314. The summed E-state index contributed by atoms with van der Waals surface area (Å²) in [4.78, 5) is 5.33. The summed E-state index contributed by atoms with van der Waals surface area (Å²) < 4.78 is 1.20. The van der Waals surface area contributed by atoms with Gasteiger partial charge in [0.1, 0.15) is 0 Å². The molecule has 0 amide bonds. The molecule has 1 aliphatic heterocycles. The van der Waals surface area contributed by atoms with Gasteiger partial charge in [-0.15, -0.1) is 23.1 Å². The molecule has 4 heteroatoms. The molecule has 0 fully saturated rings. The number of likely N-dealkylation sites (N-methyl/N-ethyl adjacent to an activating group) is 1. The third kappa shape index (κ3) is 3.24. The number of benzene rings is 1. The van der Waals surface area contributed by atoms with Crippen LogP contribution in [0, 0.1) is 0 Å². The summed E-state index contributed by atoms with van der Waals surface area (Å²) in [5.74, 6) is 1.90. The van der Waals surface area contributed by atoms with Crippen LogP contribution < -0.4 is 0 Å². The Labute approximate surface area is 131 Å². The van der Waals surface area contributed by atoms with Crippen LogP contribution >= 0.6 is 39.0 Å². The second kappa shape index (κ2) is 6.00. The third-order valence-electron chi connectivity index (χ3n) is 3.38. The second-order valence-corrected chi connectivity index (χ2v) is 7.95. The Bertz CT molecular complexity index is 567. The maximum atomic E-state index is 3.52. The molecule has 3 rings (SSSR count). The topological polar surface area (TPSA) is 3.24 Å². The summed E-state index contributed by atoms with van der Waals surface area (Å²) in [5.41, 5.74) is 1.53. The van der Waals surface area contributed by atoms with Crippen molar-refractivity contribution in [3.05, 3.63) is 50.6 Å². The fraction of sp³-hybridized carbons (Fsp3) is 0.333. The first-order chi connectivity index (χ1) is 9.22. The number of thiophene rings is 1. The first-order valence-electron chi connectivity index (χ1n) is 6.35. The lowest BCUT2D eigenvalue weighted by Crippen LogP contribution is -2.24. The minimum atomic E-state index is 0.676. The van der Waals surface area contributed by atoms with Gasteiger partial charge >= 0.3 is 0 Å². The van der Waals surface area contributed by atoms with Gasteiger partial charge in [-0.2, -0.15) is 0 Å². The van der Waals surface area contributed by atoms with Gasteiger partial charge < -0.3 is 4.90 Å². The first-order valence-corrected chi connectivity index (χ1v) is 9.01. The zero-order chi connectivity index (χ0) is 13.2. The molecule has 1 aliphatic rings. The predicted molar refractivity (Wildman–Crippen MR) is 88.3 cm³/mol. The molecule has 0 radical (unpaired) electrons. The van der Waals surface area contributed by atoms with E-state index < -0.39 is 0 Å². The number of thioether (sulfide) groups is 1. The number of rotatable bonds is 4. The van der Waals surface area contributed by atoms with Gasteiger partial charge in [0.15, 0.2) is 0 Å². The van der Waals surface area contributed by atoms with E-state index in [9.17, 15) is 0 Å². The number of hydrogen-bond donors (Lipinski definition) is 0. The lowest BCUT2D eigenvalue weighted by Gasteiger charge is -2.20. The fourth-order valence-corrected chi connectivity index (χ4v) is 5.30. The molecule has 1 atom stereocenters. The SMILES string of the molecule is CN(Cc1cc(Br)cs1)CC1CSc2ccccc21. The van der Waals surface area contributed by atoms with Crippen LogP contribution in [0.15, 0.2) is 45.1 Å². The number of hydrogen-bond acceptors (Lipinski definition) is 3. The normalized spacial score (nSPS) is 17.9. The van der Waals surface area contributed by atoms with Crippen LogP contribution in [0.25, 0.3) is 0 Å². The van der Waals surface area contributed by atoms with Gasteiger partial charge in [0.2, 0.25) is 0 Å². The van der Waals surface area contributed by atoms with E-state index in [1.807, 2.05) is 23.1 Å². The van der Waals surface area contributed by atoms with Gasteiger partial charge in [-0.3, -0.25) is 0 Å². The highest BCUT2D eigenvalue weighted by Gasteiger charge is 2.23. The van der Waals surface area contributed by atoms with Crippen molar-refractivity contribution in [1.29, 1.82) is 0 Å². The highest BCUT2D eigenvalue weighted by Crippen LogP contribution is 2.39. The number of fused-ring (bicyclic) bond motifs is 1. The molecule has 2 aromatic rings. The number of nitrogens with zero attached hydrogens (tertiary/aromatic N) is 1. The van der Waals surface area contributed by atoms with Gasteiger partial charge in [0.25, 0.3) is 0 Å². The smallest absolute Gasteiger partial charge is 0.0325 e. The van der Waals surface area contributed by atoms with E-state index >= 15 is 0 Å². The van der Waals surface area contributed by atoms with E-state index in [1.165, 1.54) is 25.6 Å². The van der Waals surface area contributed by atoms with Crippen molar-refractivity contribution >= 4 is 39.0 Å². The molecule has 19 heavy (non-hydrogen) atoms. The van der Waals surface area contributed by atoms with Crippen LogP contribution in [0.3, 0.4) is 0 Å². The molecular weight excluding hydrogens is 338 g/mol. The summed E-state index contributed by atoms with van der Waals surface area (Å²) in [7, 11) is 2.22. The van der Waals surface area contributed by atoms with Crippen LogP contribution in [0.4, 0.5) is 0 Å². The van der Waals surface area contributed by atoms with Crippen molar-refractivity contribution in [2.24, 2.45) is 0 Å². The molecule has 0 saturated carbocycles. The van der Waals surface area contributed by atoms with Gasteiger partial charge in [-0.05, 0) is 40.7 Å². The molecule has 100 valence electrons. The van der Waals surface area contributed by atoms with Crippen LogP contribution in [-0.4, -0.2) is 24.2 Å². The van der Waals surface area contributed by atoms with E-state index in [0.29, 0.717) is 5.92 Å². The molecule has 0 spiro atoms. The second-order valence-electron chi connectivity index (χ2n) is 4.97. The highest BCUT2D eigenvalue weighted by molar-refractivity contribution is 9.10. The maximum Gasteiger partial charge on any atom is 0.0325 e. The van der Waals surface area contributed by atoms with Crippen molar-refractivity contribution in [2.75, 3.05) is 19.3 Å². The Balaban J connectivity index is 1.63. The van der Waals surface area contributed by atoms with E-state index in [0.717, 1.165) is 13.1 Å². The van der Waals surface area contributed by atoms with Crippen molar-refractivity contribution in [2.45, 2.75) is 17.4 Å². The minimum Gasteiger partial charge on any atom is -0.301 e. The van der Waals surface area contributed by atoms with Crippen molar-refractivity contribution in [1.82, 2.24) is 4.90 Å². The van der Waals surface area contributed by atoms with Gasteiger partial charge in [0.05, 0.1) is 0 Å². The van der Waals surface area contributed by atoms with Gasteiger partial charge in [-0.25, -0.2) is 0 Å². The summed E-state index contributed by atoms with van der Waals surface area (Å²) in [6, 6.07) is 11.1. The minimum absolute atomic E-state index is 0.676. The summed E-state index contributed by atoms with van der Waals surface area (Å²) >= 11 is 7.34. The van der Waals surface area contributed by atoms with E-state index in [4.69, 9.17) is 0 Å². The maximum absolute atomic E-state index is 3.52. The van der Waals surface area contributed by atoms with Crippen molar-refractivity contribution in [3.63, 3.8) is 0 Å². The highest BCUT2D eigenvalue weighted by atomic mass is 79.9. The van der Waals surface area contributed by atoms with Crippen LogP contribution in [0.5, 0.6) is 0 Å². The molecular formula is C15H16BrNS2. The molecule has 1 aromatic heterocycles. The molecule has 0 N–H and O–H groups in total. The third-order valence-corrected chi connectivity index (χ3v) is 6.31. The zero-order valence-electron chi connectivity index (χ0n) is 10.8. The molecule has 1 nitrogen and oxygen atoms in total. The predicted octanol–water partition coefficient (Wildman–Crippen LogP) is 4.83. The van der Waals surface area contributed by atoms with Crippen LogP contribution in [0.1, 0.15) is 16.4 Å². The zero-order valence-corrected chi connectivity index (χ0v) is 14.0. The largest absolute Gasteiger partial charge is 0.301 e. The molecule has 0 aliphatic carbocycles. The van der Waals surface area contributed by atoms with E-state index in [2.05, 4.69) is 63.6 Å². The standard InChI is InChI=1S/C15H16BrNS2/c1-17(8-13-6-12(16)10-18-13)7-11-9-19-15-5-3-2-4-14(11)15/h2-6,10-11H,7-9H2,1H3. The number of halogens is 1. The van der Waals surface area contributed by atoms with Gasteiger partial charge in [0, 0.05) is 44.4 Å². The Morgan fingerprint density at radius 2 is 2.21 bits per heavy atom. The molecule has 0 saturated heterocycles. The van der Waals surface area contributed by atoms with Gasteiger partial charge in [-0.1, -0.05) is 18.2 Å². The van der Waals surface area contributed by atoms with Crippen LogP contribution in [-0.2, 0) is 6.54 Å². The molecule has 1 unspecified atom stereocenters. The van der Waals surface area contributed by atoms with E-state index in [-0.39, 0.29) is 0 Å². The van der Waals surface area contributed by atoms with E-state index in [1.54, 1.807) is 0 Å². The average Bonchev–Trinajstić information content (AvgIpc) is 2.97. The van der Waals surface area contributed by atoms with Crippen molar-refractivity contribution < 1.29 is 0 Å². The van der Waals surface area contributed by atoms with Crippen LogP contribution in [0.2, 0.25) is 0 Å². The molecule has 0 bridgehead atoms. The average molecular weight is 354 g/mol. The summed E-state index contributed by atoms with van der Waals surface area (Å²) in [6.07, 6.45) is 0. The Kier molecular flexibility index (Phi) is 4.32. The molecule has 1 aromatic carbocycles. The Morgan fingerprint density at radius 1 is 1.37 bits per heavy atom. The first kappa shape index (κ1) is 13.7.